The smallest absolute Gasteiger partial charge is 0.135 e. The van der Waals surface area contributed by atoms with Crippen molar-refractivity contribution in [3.05, 3.63) is 45.4 Å². The van der Waals surface area contributed by atoms with Gasteiger partial charge in [-0.05, 0) is 53.6 Å². The highest BCUT2D eigenvalue weighted by molar-refractivity contribution is 14.1. The van der Waals surface area contributed by atoms with Crippen LogP contribution < -0.4 is 5.73 Å². The Kier molecular flexibility index (Phi) is 3.66. The van der Waals surface area contributed by atoms with E-state index < -0.39 is 0 Å². The molecule has 17 heavy (non-hydrogen) atoms. The van der Waals surface area contributed by atoms with Gasteiger partial charge in [0, 0.05) is 0 Å². The largest absolute Gasteiger partial charge is 0.383 e. The number of aromatic nitrogens is 2. The first-order chi connectivity index (χ1) is 8.08. The maximum atomic E-state index is 13.1. The summed E-state index contributed by atoms with van der Waals surface area (Å²) in [5, 5.41) is 4.22. The second-order valence-corrected chi connectivity index (χ2v) is 5.17. The summed E-state index contributed by atoms with van der Waals surface area (Å²) < 4.78 is 15.8. The Morgan fingerprint density at radius 1 is 1.53 bits per heavy atom. The van der Waals surface area contributed by atoms with Crippen LogP contribution in [0.3, 0.4) is 0 Å². The Morgan fingerprint density at radius 3 is 2.88 bits per heavy atom. The van der Waals surface area contributed by atoms with Crippen molar-refractivity contribution in [2.45, 2.75) is 19.4 Å². The van der Waals surface area contributed by atoms with Crippen LogP contribution in [-0.2, 0) is 6.42 Å². The fraction of sp³-hybridized carbons (Fsp3) is 0.250. The molecule has 0 aliphatic heterocycles. The molecular weight excluding hydrogens is 332 g/mol. The van der Waals surface area contributed by atoms with Crippen LogP contribution in [-0.4, -0.2) is 9.78 Å². The molecule has 1 aromatic heterocycles. The quantitative estimate of drug-likeness (QED) is 0.870. The highest BCUT2D eigenvalue weighted by Crippen LogP contribution is 2.21. The van der Waals surface area contributed by atoms with Crippen molar-refractivity contribution in [1.82, 2.24) is 9.78 Å². The number of nitrogen functional groups attached to an aromatic ring is 1. The first-order valence-electron chi connectivity index (χ1n) is 5.31. The van der Waals surface area contributed by atoms with E-state index in [0.29, 0.717) is 12.2 Å². The van der Waals surface area contributed by atoms with Crippen LogP contribution in [0.2, 0.25) is 0 Å². The Bertz CT molecular complexity index is 524. The number of rotatable bonds is 3. The third kappa shape index (κ3) is 2.77. The average Bonchev–Trinajstić information content (AvgIpc) is 2.60. The summed E-state index contributed by atoms with van der Waals surface area (Å²) in [4.78, 5) is 0. The summed E-state index contributed by atoms with van der Waals surface area (Å²) >= 11 is 2.15. The summed E-state index contributed by atoms with van der Waals surface area (Å²) in [7, 11) is 0. The minimum absolute atomic E-state index is 0.111. The van der Waals surface area contributed by atoms with Gasteiger partial charge in [-0.2, -0.15) is 5.10 Å². The van der Waals surface area contributed by atoms with Gasteiger partial charge in [0.1, 0.15) is 11.6 Å². The molecule has 1 atom stereocenters. The SMILES string of the molecule is CC(Cc1cccc(F)c1)n1ncc(I)c1N. The molecule has 0 fully saturated rings. The van der Waals surface area contributed by atoms with Gasteiger partial charge in [-0.15, -0.1) is 0 Å². The van der Waals surface area contributed by atoms with Gasteiger partial charge >= 0.3 is 0 Å². The molecule has 0 amide bonds. The predicted octanol–water partition coefficient (Wildman–Crippen LogP) is 3.01. The van der Waals surface area contributed by atoms with E-state index in [1.54, 1.807) is 23.0 Å². The van der Waals surface area contributed by atoms with E-state index in [-0.39, 0.29) is 11.9 Å². The second kappa shape index (κ2) is 5.03. The van der Waals surface area contributed by atoms with Crippen LogP contribution in [0.15, 0.2) is 30.5 Å². The maximum absolute atomic E-state index is 13.1. The van der Waals surface area contributed by atoms with Crippen LogP contribution in [0.1, 0.15) is 18.5 Å². The zero-order valence-electron chi connectivity index (χ0n) is 9.40. The molecular formula is C12H13FIN3. The Labute approximate surface area is 113 Å². The van der Waals surface area contributed by atoms with Gasteiger partial charge in [-0.3, -0.25) is 0 Å². The number of nitrogens with two attached hydrogens (primary N) is 1. The molecule has 2 N–H and O–H groups in total. The number of benzene rings is 1. The highest BCUT2D eigenvalue weighted by atomic mass is 127. The van der Waals surface area contributed by atoms with Crippen molar-refractivity contribution in [3.63, 3.8) is 0 Å². The van der Waals surface area contributed by atoms with E-state index in [1.165, 1.54) is 6.07 Å². The zero-order valence-corrected chi connectivity index (χ0v) is 11.6. The molecule has 5 heteroatoms. The average molecular weight is 345 g/mol. The fourth-order valence-corrected chi connectivity index (χ4v) is 2.17. The Balaban J connectivity index is 2.17. The minimum atomic E-state index is -0.210. The lowest BCUT2D eigenvalue weighted by atomic mass is 10.1. The number of hydrogen-bond acceptors (Lipinski definition) is 2. The molecule has 0 bridgehead atoms. The molecule has 0 aliphatic rings. The number of halogens is 2. The molecule has 0 radical (unpaired) electrons. The molecule has 0 saturated carbocycles. The van der Waals surface area contributed by atoms with E-state index in [0.717, 1.165) is 9.13 Å². The molecule has 2 aromatic rings. The molecule has 2 rings (SSSR count). The molecule has 90 valence electrons. The first-order valence-corrected chi connectivity index (χ1v) is 6.38. The number of anilines is 1. The lowest BCUT2D eigenvalue weighted by Gasteiger charge is -2.14. The topological polar surface area (TPSA) is 43.8 Å². The van der Waals surface area contributed by atoms with E-state index in [9.17, 15) is 4.39 Å². The summed E-state index contributed by atoms with van der Waals surface area (Å²) in [6, 6.07) is 6.72. The van der Waals surface area contributed by atoms with Gasteiger partial charge in [-0.25, -0.2) is 9.07 Å². The summed E-state index contributed by atoms with van der Waals surface area (Å²) in [5.74, 6) is 0.451. The van der Waals surface area contributed by atoms with E-state index >= 15 is 0 Å². The van der Waals surface area contributed by atoms with Crippen molar-refractivity contribution in [2.75, 3.05) is 5.73 Å². The monoisotopic (exact) mass is 345 g/mol. The molecule has 0 aliphatic carbocycles. The van der Waals surface area contributed by atoms with E-state index in [2.05, 4.69) is 27.7 Å². The van der Waals surface area contributed by atoms with Crippen LogP contribution >= 0.6 is 22.6 Å². The summed E-state index contributed by atoms with van der Waals surface area (Å²) in [5.41, 5.74) is 6.85. The van der Waals surface area contributed by atoms with Gasteiger partial charge in [0.25, 0.3) is 0 Å². The van der Waals surface area contributed by atoms with E-state index in [1.807, 2.05) is 13.0 Å². The normalized spacial score (nSPS) is 12.6. The molecule has 1 aromatic carbocycles. The van der Waals surface area contributed by atoms with Gasteiger partial charge in [0.2, 0.25) is 0 Å². The lowest BCUT2D eigenvalue weighted by Crippen LogP contribution is -2.13. The van der Waals surface area contributed by atoms with Gasteiger partial charge < -0.3 is 5.73 Å². The van der Waals surface area contributed by atoms with Crippen molar-refractivity contribution in [3.8, 4) is 0 Å². The molecule has 1 heterocycles. The minimum Gasteiger partial charge on any atom is -0.383 e. The Morgan fingerprint density at radius 2 is 2.29 bits per heavy atom. The number of nitrogens with zero attached hydrogens (tertiary/aromatic N) is 2. The van der Waals surface area contributed by atoms with Crippen molar-refractivity contribution >= 4 is 28.4 Å². The Hall–Kier alpha value is -1.11. The van der Waals surface area contributed by atoms with E-state index in [4.69, 9.17) is 5.73 Å². The fourth-order valence-electron chi connectivity index (χ4n) is 1.79. The lowest BCUT2D eigenvalue weighted by molar-refractivity contribution is 0.494. The molecule has 0 spiro atoms. The summed E-state index contributed by atoms with van der Waals surface area (Å²) in [6.07, 6.45) is 2.44. The molecule has 3 nitrogen and oxygen atoms in total. The molecule has 1 unspecified atom stereocenters. The highest BCUT2D eigenvalue weighted by Gasteiger charge is 2.12. The predicted molar refractivity (Wildman–Crippen MR) is 74.2 cm³/mol. The zero-order chi connectivity index (χ0) is 12.4. The van der Waals surface area contributed by atoms with Crippen LogP contribution in [0.5, 0.6) is 0 Å². The van der Waals surface area contributed by atoms with Crippen molar-refractivity contribution < 1.29 is 4.39 Å². The van der Waals surface area contributed by atoms with Crippen LogP contribution in [0.4, 0.5) is 10.2 Å². The van der Waals surface area contributed by atoms with Crippen LogP contribution in [0.25, 0.3) is 0 Å². The van der Waals surface area contributed by atoms with Crippen molar-refractivity contribution in [1.29, 1.82) is 0 Å². The standard InChI is InChI=1S/C12H13FIN3/c1-8(17-12(15)11(14)7-16-17)5-9-3-2-4-10(13)6-9/h2-4,6-8H,5,15H2,1H3. The first kappa shape index (κ1) is 12.3. The third-order valence-electron chi connectivity index (χ3n) is 2.62. The van der Waals surface area contributed by atoms with Crippen molar-refractivity contribution in [2.24, 2.45) is 0 Å². The van der Waals surface area contributed by atoms with Crippen LogP contribution in [0, 0.1) is 9.39 Å². The summed E-state index contributed by atoms with van der Waals surface area (Å²) in [6.45, 7) is 2.02. The molecule has 0 saturated heterocycles. The second-order valence-electron chi connectivity index (χ2n) is 4.01. The van der Waals surface area contributed by atoms with Gasteiger partial charge in [-0.1, -0.05) is 12.1 Å². The van der Waals surface area contributed by atoms with Gasteiger partial charge in [0.15, 0.2) is 0 Å². The number of hydrogen-bond donors (Lipinski definition) is 1. The van der Waals surface area contributed by atoms with Gasteiger partial charge in [0.05, 0.1) is 15.8 Å². The third-order valence-corrected chi connectivity index (χ3v) is 3.46. The maximum Gasteiger partial charge on any atom is 0.135 e.